The van der Waals surface area contributed by atoms with Crippen LogP contribution in [0.1, 0.15) is 162 Å². The van der Waals surface area contributed by atoms with Gasteiger partial charge in [-0.25, -0.2) is 0 Å². The molecule has 0 aliphatic carbocycles. The predicted octanol–water partition coefficient (Wildman–Crippen LogP) is 3.51. The van der Waals surface area contributed by atoms with Crippen molar-refractivity contribution >= 4 is 65.0 Å². The van der Waals surface area contributed by atoms with E-state index in [1.807, 2.05) is 62.3 Å². The number of hydrogen-bond acceptors (Lipinski definition) is 12. The number of likely N-dealkylation sites (N-methyl/N-ethyl adjacent to an activating group) is 7. The third-order valence-corrected chi connectivity index (χ3v) is 16.7. The van der Waals surface area contributed by atoms with Crippen LogP contribution in [0.3, 0.4) is 0 Å². The summed E-state index contributed by atoms with van der Waals surface area (Å²) in [7, 11) is 10.2. The number of nitrogens with zero attached hydrogens (tertiary/aromatic N) is 7. The number of amides is 11. The molecule has 85 heavy (non-hydrogen) atoms. The highest BCUT2D eigenvalue weighted by Crippen LogP contribution is 2.28. The molecular formula is C62H111N11O12. The fraction of sp³-hybridized carbons (Fsp3) is 0.823. The lowest BCUT2D eigenvalue weighted by Gasteiger charge is -2.42. The number of rotatable bonds is 12. The van der Waals surface area contributed by atoms with Crippen LogP contribution in [-0.4, -0.2) is 228 Å². The highest BCUT2D eigenvalue weighted by molar-refractivity contribution is 5.99. The molecule has 4 N–H and O–H groups in total. The molecule has 0 bridgehead atoms. The van der Waals surface area contributed by atoms with Gasteiger partial charge in [0.25, 0.3) is 0 Å². The molecule has 0 saturated carbocycles. The minimum Gasteiger partial charge on any atom is -0.375 e. The van der Waals surface area contributed by atoms with Gasteiger partial charge in [0.2, 0.25) is 65.0 Å². The number of ether oxygens (including phenoxy) is 1. The van der Waals surface area contributed by atoms with Crippen molar-refractivity contribution in [1.82, 2.24) is 55.6 Å². The Morgan fingerprint density at radius 2 is 0.894 bits per heavy atom. The topological polar surface area (TPSA) is 268 Å². The second kappa shape index (κ2) is 33.9. The quantitative estimate of drug-likeness (QED) is 0.219. The number of carbonyl (C=O) groups is 11. The molecule has 2 aliphatic heterocycles. The van der Waals surface area contributed by atoms with Crippen molar-refractivity contribution < 1.29 is 57.5 Å². The fourth-order valence-electron chi connectivity index (χ4n) is 11.4. The van der Waals surface area contributed by atoms with Crippen LogP contribution in [0.4, 0.5) is 0 Å². The monoisotopic (exact) mass is 1200 g/mol. The number of nitrogens with one attached hydrogen (secondary N) is 4. The third-order valence-electron chi connectivity index (χ3n) is 16.7. The normalized spacial score (nSPS) is 29.0. The molecule has 2 rings (SSSR count). The van der Waals surface area contributed by atoms with Gasteiger partial charge in [-0.3, -0.25) is 52.7 Å². The molecule has 23 heteroatoms. The molecule has 0 aromatic rings. The van der Waals surface area contributed by atoms with Gasteiger partial charge in [0, 0.05) is 55.9 Å². The van der Waals surface area contributed by atoms with Crippen molar-refractivity contribution in [1.29, 1.82) is 0 Å². The minimum absolute atomic E-state index is 0.0892. The molecule has 0 unspecified atom stereocenters. The zero-order valence-corrected chi connectivity index (χ0v) is 56.0. The number of hydrogen-bond donors (Lipinski definition) is 4. The maximum absolute atomic E-state index is 15.3. The first kappa shape index (κ1) is 75.2. The summed E-state index contributed by atoms with van der Waals surface area (Å²) >= 11 is 0. The second-order valence-electron chi connectivity index (χ2n) is 26.6. The fourth-order valence-corrected chi connectivity index (χ4v) is 11.4. The Labute approximate surface area is 508 Å². The van der Waals surface area contributed by atoms with E-state index in [4.69, 9.17) is 4.74 Å². The molecule has 2 saturated heterocycles. The van der Waals surface area contributed by atoms with Gasteiger partial charge in [0.1, 0.15) is 60.4 Å². The van der Waals surface area contributed by atoms with Gasteiger partial charge >= 0.3 is 0 Å². The summed E-state index contributed by atoms with van der Waals surface area (Å²) in [5, 5.41) is 11.2. The third kappa shape index (κ3) is 20.6. The van der Waals surface area contributed by atoms with Crippen molar-refractivity contribution in [2.75, 3.05) is 62.5 Å². The van der Waals surface area contributed by atoms with Crippen LogP contribution in [0.5, 0.6) is 0 Å². The van der Waals surface area contributed by atoms with Crippen molar-refractivity contribution in [3.8, 4) is 0 Å². The van der Waals surface area contributed by atoms with Gasteiger partial charge in [0.15, 0.2) is 0 Å². The van der Waals surface area contributed by atoms with E-state index in [1.54, 1.807) is 34.6 Å². The van der Waals surface area contributed by atoms with E-state index in [0.717, 1.165) is 6.42 Å². The van der Waals surface area contributed by atoms with Crippen LogP contribution < -0.4 is 21.3 Å². The largest absolute Gasteiger partial charge is 0.375 e. The Morgan fingerprint density at radius 3 is 1.38 bits per heavy atom. The Morgan fingerprint density at radius 1 is 0.447 bits per heavy atom. The lowest BCUT2D eigenvalue weighted by atomic mass is 9.91. The molecule has 0 aromatic heterocycles. The van der Waals surface area contributed by atoms with E-state index in [2.05, 4.69) is 21.3 Å². The predicted molar refractivity (Wildman–Crippen MR) is 327 cm³/mol. The Hall–Kier alpha value is -5.87. The second-order valence-corrected chi connectivity index (χ2v) is 26.6. The standard InChI is InChI=1S/C62H111N11O12/c1-24-43-58(80)67(17)33-48(74)68(18)44(29-34(2)3)55(77)66-49(38(10)11)61(83)69(19)45(30-35(4)5)54(76)63-41(15)53(75)64-42(16)57(79)70(20)46(31-36(6)7)59(81)71(21)47(32-37(8)9)60(82)72(22)50(39(12)13)62(84)73(23)51(56(78)65-43)52-40(14)27-25-26-28-85-52/h34-47,49-52H,24-33H2,1-23H3,(H,63,76)(H,64,75)(H,65,78)(H,66,77)/t40-,41+,42-,43+,44+,45+,46+,47+,49+,50+,51+,52-/m1/s1. The van der Waals surface area contributed by atoms with E-state index >= 15 is 14.4 Å². The van der Waals surface area contributed by atoms with Crippen molar-refractivity contribution in [2.45, 2.75) is 229 Å². The van der Waals surface area contributed by atoms with Gasteiger partial charge in [-0.1, -0.05) is 103 Å². The summed E-state index contributed by atoms with van der Waals surface area (Å²) in [4.78, 5) is 170. The molecule has 0 aromatic carbocycles. The summed E-state index contributed by atoms with van der Waals surface area (Å²) in [5.74, 6) is -8.59. The van der Waals surface area contributed by atoms with Crippen LogP contribution >= 0.6 is 0 Å². The van der Waals surface area contributed by atoms with Crippen LogP contribution in [0, 0.1) is 41.4 Å². The molecule has 11 amide bonds. The Bertz CT molecular complexity index is 2310. The molecule has 2 fully saturated rings. The van der Waals surface area contributed by atoms with Crippen LogP contribution in [-0.2, 0) is 57.5 Å². The van der Waals surface area contributed by atoms with Gasteiger partial charge in [-0.15, -0.1) is 0 Å². The lowest BCUT2D eigenvalue weighted by Crippen LogP contribution is -2.64. The van der Waals surface area contributed by atoms with Gasteiger partial charge in [0.05, 0.1) is 12.6 Å². The first-order chi connectivity index (χ1) is 39.3. The first-order valence-corrected chi connectivity index (χ1v) is 31.0. The molecule has 2 aliphatic rings. The van der Waals surface area contributed by atoms with Crippen LogP contribution in [0.15, 0.2) is 0 Å². The highest BCUT2D eigenvalue weighted by Gasteiger charge is 2.46. The summed E-state index contributed by atoms with van der Waals surface area (Å²) in [6.45, 7) is 28.5. The van der Waals surface area contributed by atoms with E-state index in [9.17, 15) is 38.4 Å². The smallest absolute Gasteiger partial charge is 0.246 e. The lowest BCUT2D eigenvalue weighted by molar-refractivity contribution is -0.158. The molecule has 23 nitrogen and oxygen atoms in total. The molecule has 0 radical (unpaired) electrons. The van der Waals surface area contributed by atoms with Crippen LogP contribution in [0.2, 0.25) is 0 Å². The Balaban J connectivity index is 2.96. The number of carbonyl (C=O) groups excluding carboxylic acids is 11. The van der Waals surface area contributed by atoms with Crippen molar-refractivity contribution in [2.24, 2.45) is 41.4 Å². The maximum Gasteiger partial charge on any atom is 0.246 e. The van der Waals surface area contributed by atoms with E-state index in [-0.39, 0.29) is 61.7 Å². The van der Waals surface area contributed by atoms with Gasteiger partial charge in [-0.05, 0) is 100 Å². The van der Waals surface area contributed by atoms with E-state index in [1.165, 1.54) is 97.5 Å². The Kier molecular flexibility index (Phi) is 30.0. The van der Waals surface area contributed by atoms with Crippen LogP contribution in [0.25, 0.3) is 0 Å². The van der Waals surface area contributed by atoms with Crippen molar-refractivity contribution in [3.05, 3.63) is 0 Å². The van der Waals surface area contributed by atoms with Crippen molar-refractivity contribution in [3.63, 3.8) is 0 Å². The summed E-state index contributed by atoms with van der Waals surface area (Å²) in [5.41, 5.74) is 0. The molecule has 0 spiro atoms. The summed E-state index contributed by atoms with van der Waals surface area (Å²) in [6, 6.07) is -11.7. The zero-order valence-electron chi connectivity index (χ0n) is 56.0. The van der Waals surface area contributed by atoms with E-state index in [0.29, 0.717) is 19.4 Å². The summed E-state index contributed by atoms with van der Waals surface area (Å²) in [6.07, 6.45) is 2.17. The maximum atomic E-state index is 15.3. The first-order valence-electron chi connectivity index (χ1n) is 31.0. The zero-order chi connectivity index (χ0) is 65.4. The molecular weight excluding hydrogens is 1090 g/mol. The molecule has 12 atom stereocenters. The SMILES string of the molecule is CC[C@@H]1NC(=O)[C@H]([C@@H]2OCCCC[C@H]2C)N(C)C(=O)[C@H](C(C)C)N(C)C(=O)[C@H](CC(C)C)N(C)C(=O)[C@H](CC(C)C)N(C)C(=O)[C@@H](C)NC(=O)[C@H](C)NC(=O)[C@H](CC(C)C)N(C)C(=O)[C@H](C(C)C)NC(=O)[C@H](CC(C)C)N(C)C(=O)CN(C)C1=O. The van der Waals surface area contributed by atoms with Gasteiger partial charge < -0.3 is 60.3 Å². The highest BCUT2D eigenvalue weighted by atomic mass is 16.5. The van der Waals surface area contributed by atoms with E-state index < -0.39 is 150 Å². The average molecular weight is 1200 g/mol. The summed E-state index contributed by atoms with van der Waals surface area (Å²) < 4.78 is 6.41. The molecule has 486 valence electrons. The average Bonchev–Trinajstić information content (AvgIpc) is 2.75. The minimum atomic E-state index is -1.30. The van der Waals surface area contributed by atoms with Gasteiger partial charge in [-0.2, -0.15) is 0 Å². The molecule has 2 heterocycles.